The number of aliphatic carboxylic acids is 1. The highest BCUT2D eigenvalue weighted by atomic mass is 32.1. The molecule has 1 aliphatic heterocycles. The van der Waals surface area contributed by atoms with Crippen molar-refractivity contribution in [3.05, 3.63) is 29.8 Å². The molecule has 0 spiro atoms. The predicted molar refractivity (Wildman–Crippen MR) is 82.6 cm³/mol. The van der Waals surface area contributed by atoms with E-state index in [4.69, 9.17) is 5.11 Å². The maximum absolute atomic E-state index is 10.9. The summed E-state index contributed by atoms with van der Waals surface area (Å²) in [4.78, 5) is 10.9. The number of carboxylic acids is 1. The summed E-state index contributed by atoms with van der Waals surface area (Å²) in [5, 5.41) is 11.5. The molecule has 20 heavy (non-hydrogen) atoms. The van der Waals surface area contributed by atoms with Crippen LogP contribution in [0.15, 0.2) is 24.3 Å². The quantitative estimate of drug-likeness (QED) is 0.873. The summed E-state index contributed by atoms with van der Waals surface area (Å²) in [6.45, 7) is 7.11. The average molecular weight is 288 g/mol. The first-order valence-corrected chi connectivity index (χ1v) is 7.60. The third kappa shape index (κ3) is 1.79. The maximum Gasteiger partial charge on any atom is 0.309 e. The number of rotatable bonds is 3. The van der Waals surface area contributed by atoms with Crippen molar-refractivity contribution in [3.8, 4) is 0 Å². The Morgan fingerprint density at radius 2 is 2.05 bits per heavy atom. The zero-order valence-corrected chi connectivity index (χ0v) is 12.8. The highest BCUT2D eigenvalue weighted by Gasteiger charge is 2.45. The summed E-state index contributed by atoms with van der Waals surface area (Å²) in [7, 11) is 0. The number of nitrogens with zero attached hydrogens (tertiary/aromatic N) is 1. The van der Waals surface area contributed by atoms with Crippen molar-refractivity contribution in [2.75, 3.05) is 6.54 Å². The number of thiophene rings is 1. The van der Waals surface area contributed by atoms with Gasteiger partial charge in [-0.05, 0) is 19.9 Å². The van der Waals surface area contributed by atoms with Crippen molar-refractivity contribution in [1.29, 1.82) is 0 Å². The fourth-order valence-corrected chi connectivity index (χ4v) is 4.41. The Labute approximate surface area is 122 Å². The molecule has 0 unspecified atom stereocenters. The van der Waals surface area contributed by atoms with Gasteiger partial charge in [0.05, 0.1) is 11.0 Å². The lowest BCUT2D eigenvalue weighted by Gasteiger charge is -2.15. The zero-order chi connectivity index (χ0) is 14.5. The highest BCUT2D eigenvalue weighted by Crippen LogP contribution is 2.49. The summed E-state index contributed by atoms with van der Waals surface area (Å²) in [6, 6.07) is 8.43. The summed E-state index contributed by atoms with van der Waals surface area (Å²) >= 11 is 1.76. The van der Waals surface area contributed by atoms with Gasteiger partial charge in [0.1, 0.15) is 6.42 Å². The standard InChI is InChI=1S/C16H17NO2S/c1-10-16(2,3)14-11-6-4-5-7-12(11)20-15(14)17(10)9-8-13(18)19/h4-7H,8-9H2,1-3H3/p+1. The minimum atomic E-state index is -0.745. The van der Waals surface area contributed by atoms with Gasteiger partial charge in [0.25, 0.3) is 5.00 Å². The zero-order valence-electron chi connectivity index (χ0n) is 11.9. The third-order valence-electron chi connectivity index (χ3n) is 4.31. The molecule has 3 rings (SSSR count). The fourth-order valence-electron chi connectivity index (χ4n) is 2.97. The summed E-state index contributed by atoms with van der Waals surface area (Å²) in [5.74, 6) is -0.745. The number of carbonyl (C=O) groups is 1. The van der Waals surface area contributed by atoms with Crippen molar-refractivity contribution in [1.82, 2.24) is 0 Å². The molecule has 1 aliphatic rings. The van der Waals surface area contributed by atoms with Gasteiger partial charge in [0.15, 0.2) is 12.3 Å². The Bertz CT molecular complexity index is 740. The lowest BCUT2D eigenvalue weighted by atomic mass is 9.82. The van der Waals surface area contributed by atoms with Crippen LogP contribution in [0.25, 0.3) is 10.1 Å². The molecule has 3 nitrogen and oxygen atoms in total. The Morgan fingerprint density at radius 1 is 1.35 bits per heavy atom. The normalized spacial score (nSPS) is 16.8. The van der Waals surface area contributed by atoms with Gasteiger partial charge in [0, 0.05) is 17.0 Å². The van der Waals surface area contributed by atoms with E-state index in [1.54, 1.807) is 11.3 Å². The van der Waals surface area contributed by atoms with Gasteiger partial charge in [-0.3, -0.25) is 4.79 Å². The van der Waals surface area contributed by atoms with Crippen molar-refractivity contribution >= 4 is 38.1 Å². The molecule has 0 bridgehead atoms. The molecule has 1 aromatic heterocycles. The van der Waals surface area contributed by atoms with Gasteiger partial charge in [-0.1, -0.05) is 29.5 Å². The molecule has 4 heteroatoms. The van der Waals surface area contributed by atoms with Crippen LogP contribution in [-0.2, 0) is 10.2 Å². The van der Waals surface area contributed by atoms with E-state index in [2.05, 4.69) is 49.6 Å². The molecule has 1 N–H and O–H groups in total. The summed E-state index contributed by atoms with van der Waals surface area (Å²) in [6.07, 6.45) is 0.168. The van der Waals surface area contributed by atoms with Crippen LogP contribution >= 0.6 is 11.3 Å². The molecular formula is C16H18NO2S+. The van der Waals surface area contributed by atoms with Gasteiger partial charge in [-0.15, -0.1) is 0 Å². The van der Waals surface area contributed by atoms with E-state index in [9.17, 15) is 4.79 Å². The van der Waals surface area contributed by atoms with Crippen molar-refractivity contribution in [2.24, 2.45) is 0 Å². The molecule has 0 saturated heterocycles. The topological polar surface area (TPSA) is 40.3 Å². The lowest BCUT2D eigenvalue weighted by Crippen LogP contribution is -2.27. The average Bonchev–Trinajstić information content (AvgIpc) is 2.84. The van der Waals surface area contributed by atoms with Crippen LogP contribution in [-0.4, -0.2) is 27.9 Å². The molecule has 0 atom stereocenters. The molecule has 0 amide bonds. The van der Waals surface area contributed by atoms with Crippen molar-refractivity contribution in [2.45, 2.75) is 32.6 Å². The Hall–Kier alpha value is -1.68. The van der Waals surface area contributed by atoms with Gasteiger partial charge in [-0.25, -0.2) is 0 Å². The van der Waals surface area contributed by atoms with E-state index in [-0.39, 0.29) is 11.8 Å². The van der Waals surface area contributed by atoms with Crippen molar-refractivity contribution in [3.63, 3.8) is 0 Å². The van der Waals surface area contributed by atoms with Crippen LogP contribution in [0.4, 0.5) is 5.00 Å². The lowest BCUT2D eigenvalue weighted by molar-refractivity contribution is -0.433. The van der Waals surface area contributed by atoms with E-state index in [1.165, 1.54) is 26.4 Å². The van der Waals surface area contributed by atoms with Crippen LogP contribution in [0.2, 0.25) is 0 Å². The number of hydrogen-bond acceptors (Lipinski definition) is 2. The molecule has 1 aromatic carbocycles. The largest absolute Gasteiger partial charge is 0.481 e. The van der Waals surface area contributed by atoms with Gasteiger partial charge in [0.2, 0.25) is 0 Å². The van der Waals surface area contributed by atoms with E-state index < -0.39 is 5.97 Å². The molecule has 2 heterocycles. The maximum atomic E-state index is 10.9. The van der Waals surface area contributed by atoms with E-state index in [0.29, 0.717) is 6.54 Å². The number of hydrogen-bond donors (Lipinski definition) is 1. The number of fused-ring (bicyclic) bond motifs is 3. The second-order valence-corrected chi connectivity index (χ2v) is 6.81. The van der Waals surface area contributed by atoms with E-state index in [0.717, 1.165) is 0 Å². The first-order chi connectivity index (χ1) is 9.43. The van der Waals surface area contributed by atoms with Crippen LogP contribution in [0.5, 0.6) is 0 Å². The molecule has 104 valence electrons. The molecule has 0 radical (unpaired) electrons. The molecule has 0 aliphatic carbocycles. The van der Waals surface area contributed by atoms with Gasteiger partial charge in [-0.2, -0.15) is 4.58 Å². The Balaban J connectivity index is 2.18. The summed E-state index contributed by atoms with van der Waals surface area (Å²) < 4.78 is 3.46. The Morgan fingerprint density at radius 3 is 2.75 bits per heavy atom. The van der Waals surface area contributed by atoms with Crippen LogP contribution in [0.1, 0.15) is 32.8 Å². The van der Waals surface area contributed by atoms with Crippen LogP contribution < -0.4 is 0 Å². The first kappa shape index (κ1) is 13.3. The van der Waals surface area contributed by atoms with Crippen LogP contribution in [0, 0.1) is 0 Å². The molecular weight excluding hydrogens is 270 g/mol. The van der Waals surface area contributed by atoms with E-state index in [1.807, 2.05) is 0 Å². The van der Waals surface area contributed by atoms with Gasteiger partial charge >= 0.3 is 5.97 Å². The predicted octanol–water partition coefficient (Wildman–Crippen LogP) is 3.77. The van der Waals surface area contributed by atoms with E-state index >= 15 is 0 Å². The van der Waals surface area contributed by atoms with Crippen LogP contribution in [0.3, 0.4) is 0 Å². The molecule has 2 aromatic rings. The number of carboxylic acid groups (broad SMARTS) is 1. The SMILES string of the molecule is CC1=[N+](CCC(=O)O)c2sc3ccccc3c2C1(C)C. The summed E-state index contributed by atoms with van der Waals surface area (Å²) in [5.41, 5.74) is 2.56. The molecule has 0 saturated carbocycles. The highest BCUT2D eigenvalue weighted by molar-refractivity contribution is 7.22. The minimum absolute atomic E-state index is 0.0343. The fraction of sp³-hybridized carbons (Fsp3) is 0.375. The Kier molecular flexibility index (Phi) is 2.94. The molecule has 0 fully saturated rings. The third-order valence-corrected chi connectivity index (χ3v) is 5.50. The second kappa shape index (κ2) is 4.42. The monoisotopic (exact) mass is 288 g/mol. The van der Waals surface area contributed by atoms with Crippen molar-refractivity contribution < 1.29 is 14.5 Å². The minimum Gasteiger partial charge on any atom is -0.481 e. The van der Waals surface area contributed by atoms with Gasteiger partial charge < -0.3 is 5.11 Å². The first-order valence-electron chi connectivity index (χ1n) is 6.78. The number of benzene rings is 1. The smallest absolute Gasteiger partial charge is 0.309 e. The second-order valence-electron chi connectivity index (χ2n) is 5.78.